The summed E-state index contributed by atoms with van der Waals surface area (Å²) in [6.07, 6.45) is 0.939. The molecule has 2 aromatic rings. The topological polar surface area (TPSA) is 32.8 Å². The van der Waals surface area contributed by atoms with E-state index in [2.05, 4.69) is 36.1 Å². The monoisotopic (exact) mass is 356 g/mol. The average molecular weight is 356 g/mol. The van der Waals surface area contributed by atoms with Gasteiger partial charge in [-0.05, 0) is 48.7 Å². The molecule has 4 nitrogen and oxygen atoms in total. The quantitative estimate of drug-likeness (QED) is 0.823. The van der Waals surface area contributed by atoms with Gasteiger partial charge < -0.3 is 14.5 Å². The standard InChI is InChI=1S/C21H25FN2O2/c1-16-4-3-5-18(14-16)23-10-12-24(13-11-23)21(25)9-7-17-6-8-20(26-2)19(22)15-17/h3-6,8,14-15H,7,9-13H2,1-2H3. The molecule has 0 N–H and O–H groups in total. The first-order valence-corrected chi connectivity index (χ1v) is 8.98. The number of ether oxygens (including phenoxy) is 1. The van der Waals surface area contributed by atoms with E-state index in [1.165, 1.54) is 24.4 Å². The molecule has 138 valence electrons. The molecular weight excluding hydrogens is 331 g/mol. The summed E-state index contributed by atoms with van der Waals surface area (Å²) in [6.45, 7) is 5.22. The number of anilines is 1. The van der Waals surface area contributed by atoms with Crippen LogP contribution in [-0.2, 0) is 11.2 Å². The number of carbonyl (C=O) groups excluding carboxylic acids is 1. The van der Waals surface area contributed by atoms with Gasteiger partial charge in [0, 0.05) is 38.3 Å². The fourth-order valence-corrected chi connectivity index (χ4v) is 3.31. The van der Waals surface area contributed by atoms with Gasteiger partial charge in [0.1, 0.15) is 0 Å². The number of nitrogens with zero attached hydrogens (tertiary/aromatic N) is 2. The minimum absolute atomic E-state index is 0.130. The zero-order valence-electron chi connectivity index (χ0n) is 15.4. The highest BCUT2D eigenvalue weighted by molar-refractivity contribution is 5.76. The number of benzene rings is 2. The van der Waals surface area contributed by atoms with Gasteiger partial charge in [-0.1, -0.05) is 18.2 Å². The Hall–Kier alpha value is -2.56. The largest absolute Gasteiger partial charge is 0.494 e. The minimum atomic E-state index is -0.385. The Bertz CT molecular complexity index is 770. The Labute approximate surface area is 154 Å². The van der Waals surface area contributed by atoms with E-state index in [1.54, 1.807) is 6.07 Å². The van der Waals surface area contributed by atoms with Crippen LogP contribution in [0.5, 0.6) is 5.75 Å². The molecule has 0 atom stereocenters. The van der Waals surface area contributed by atoms with E-state index in [0.29, 0.717) is 12.8 Å². The zero-order valence-corrected chi connectivity index (χ0v) is 15.4. The van der Waals surface area contributed by atoms with Crippen molar-refractivity contribution >= 4 is 11.6 Å². The molecule has 0 unspecified atom stereocenters. The van der Waals surface area contributed by atoms with Crippen molar-refractivity contribution in [2.24, 2.45) is 0 Å². The second kappa shape index (κ2) is 8.21. The number of hydrogen-bond donors (Lipinski definition) is 0. The molecule has 1 saturated heterocycles. The Morgan fingerprint density at radius 1 is 1.12 bits per heavy atom. The third kappa shape index (κ3) is 4.34. The summed E-state index contributed by atoms with van der Waals surface area (Å²) in [5, 5.41) is 0. The van der Waals surface area contributed by atoms with Crippen molar-refractivity contribution in [3.63, 3.8) is 0 Å². The lowest BCUT2D eigenvalue weighted by Gasteiger charge is -2.36. The lowest BCUT2D eigenvalue weighted by atomic mass is 10.1. The van der Waals surface area contributed by atoms with Crippen molar-refractivity contribution in [1.29, 1.82) is 0 Å². The highest BCUT2D eigenvalue weighted by atomic mass is 19.1. The van der Waals surface area contributed by atoms with Crippen LogP contribution in [0.15, 0.2) is 42.5 Å². The van der Waals surface area contributed by atoms with E-state index in [0.717, 1.165) is 31.7 Å². The van der Waals surface area contributed by atoms with Crippen LogP contribution < -0.4 is 9.64 Å². The molecule has 0 saturated carbocycles. The molecule has 0 radical (unpaired) electrons. The number of aryl methyl sites for hydroxylation is 2. The summed E-state index contributed by atoms with van der Waals surface area (Å²) in [4.78, 5) is 16.7. The van der Waals surface area contributed by atoms with E-state index in [9.17, 15) is 9.18 Å². The third-order valence-electron chi connectivity index (χ3n) is 4.84. The molecule has 5 heteroatoms. The van der Waals surface area contributed by atoms with Crippen LogP contribution in [0.2, 0.25) is 0 Å². The summed E-state index contributed by atoms with van der Waals surface area (Å²) < 4.78 is 18.7. The molecule has 0 aliphatic carbocycles. The predicted molar refractivity (Wildman–Crippen MR) is 101 cm³/mol. The molecular formula is C21H25FN2O2. The van der Waals surface area contributed by atoms with E-state index in [4.69, 9.17) is 4.74 Å². The van der Waals surface area contributed by atoms with Gasteiger partial charge in [0.15, 0.2) is 11.6 Å². The average Bonchev–Trinajstić information content (AvgIpc) is 2.66. The van der Waals surface area contributed by atoms with Crippen molar-refractivity contribution in [3.8, 4) is 5.75 Å². The van der Waals surface area contributed by atoms with Gasteiger partial charge in [-0.3, -0.25) is 4.79 Å². The summed E-state index contributed by atoms with van der Waals surface area (Å²) in [7, 11) is 1.44. The van der Waals surface area contributed by atoms with Crippen LogP contribution in [0, 0.1) is 12.7 Å². The van der Waals surface area contributed by atoms with Crippen molar-refractivity contribution in [2.75, 3.05) is 38.2 Å². The van der Waals surface area contributed by atoms with Crippen LogP contribution in [0.4, 0.5) is 10.1 Å². The maximum Gasteiger partial charge on any atom is 0.223 e. The van der Waals surface area contributed by atoms with Crippen LogP contribution in [0.25, 0.3) is 0 Å². The molecule has 1 heterocycles. The first-order valence-electron chi connectivity index (χ1n) is 8.98. The van der Waals surface area contributed by atoms with Gasteiger partial charge in [-0.2, -0.15) is 0 Å². The summed E-state index contributed by atoms with van der Waals surface area (Å²) in [6, 6.07) is 13.3. The van der Waals surface area contributed by atoms with Gasteiger partial charge in [-0.15, -0.1) is 0 Å². The first kappa shape index (κ1) is 18.2. The Balaban J connectivity index is 1.50. The number of carbonyl (C=O) groups is 1. The molecule has 1 aliphatic rings. The van der Waals surface area contributed by atoms with E-state index >= 15 is 0 Å². The Morgan fingerprint density at radius 3 is 2.54 bits per heavy atom. The molecule has 0 aromatic heterocycles. The number of rotatable bonds is 5. The molecule has 3 rings (SSSR count). The number of methoxy groups -OCH3 is 1. The second-order valence-electron chi connectivity index (χ2n) is 6.68. The van der Waals surface area contributed by atoms with Gasteiger partial charge in [0.2, 0.25) is 5.91 Å². The lowest BCUT2D eigenvalue weighted by Crippen LogP contribution is -2.48. The van der Waals surface area contributed by atoms with Gasteiger partial charge >= 0.3 is 0 Å². The molecule has 1 aliphatic heterocycles. The molecule has 1 fully saturated rings. The SMILES string of the molecule is COc1ccc(CCC(=O)N2CCN(c3cccc(C)c3)CC2)cc1F. The van der Waals surface area contributed by atoms with Gasteiger partial charge in [-0.25, -0.2) is 4.39 Å². The number of hydrogen-bond acceptors (Lipinski definition) is 3. The Morgan fingerprint density at radius 2 is 1.88 bits per heavy atom. The smallest absolute Gasteiger partial charge is 0.223 e. The van der Waals surface area contributed by atoms with Crippen LogP contribution >= 0.6 is 0 Å². The number of halogens is 1. The molecule has 0 spiro atoms. The zero-order chi connectivity index (χ0) is 18.5. The fourth-order valence-electron chi connectivity index (χ4n) is 3.31. The van der Waals surface area contributed by atoms with E-state index in [-0.39, 0.29) is 17.5 Å². The lowest BCUT2D eigenvalue weighted by molar-refractivity contribution is -0.131. The third-order valence-corrected chi connectivity index (χ3v) is 4.84. The maximum atomic E-state index is 13.7. The van der Waals surface area contributed by atoms with Crippen molar-refractivity contribution in [3.05, 3.63) is 59.4 Å². The van der Waals surface area contributed by atoms with Crippen LogP contribution in [0.1, 0.15) is 17.5 Å². The minimum Gasteiger partial charge on any atom is -0.494 e. The van der Waals surface area contributed by atoms with Crippen molar-refractivity contribution < 1.29 is 13.9 Å². The summed E-state index contributed by atoms with van der Waals surface area (Å²) in [5.41, 5.74) is 3.27. The predicted octanol–water partition coefficient (Wildman–Crippen LogP) is 3.42. The van der Waals surface area contributed by atoms with Crippen LogP contribution in [0.3, 0.4) is 0 Å². The normalized spacial score (nSPS) is 14.4. The molecule has 1 amide bonds. The molecule has 26 heavy (non-hydrogen) atoms. The summed E-state index contributed by atoms with van der Waals surface area (Å²) in [5.74, 6) is -0.0262. The van der Waals surface area contributed by atoms with Gasteiger partial charge in [0.05, 0.1) is 7.11 Å². The van der Waals surface area contributed by atoms with Crippen molar-refractivity contribution in [1.82, 2.24) is 4.90 Å². The van der Waals surface area contributed by atoms with E-state index < -0.39 is 0 Å². The Kier molecular flexibility index (Phi) is 5.76. The number of piperazine rings is 1. The fraction of sp³-hybridized carbons (Fsp3) is 0.381. The summed E-state index contributed by atoms with van der Waals surface area (Å²) >= 11 is 0. The first-order chi connectivity index (χ1) is 12.6. The highest BCUT2D eigenvalue weighted by Gasteiger charge is 2.21. The molecule has 2 aromatic carbocycles. The van der Waals surface area contributed by atoms with Crippen LogP contribution in [-0.4, -0.2) is 44.1 Å². The molecule has 0 bridgehead atoms. The van der Waals surface area contributed by atoms with Gasteiger partial charge in [0.25, 0.3) is 0 Å². The highest BCUT2D eigenvalue weighted by Crippen LogP contribution is 2.20. The number of amides is 1. The maximum absolute atomic E-state index is 13.7. The van der Waals surface area contributed by atoms with Crippen molar-refractivity contribution in [2.45, 2.75) is 19.8 Å². The second-order valence-corrected chi connectivity index (χ2v) is 6.68. The van der Waals surface area contributed by atoms with E-state index in [1.807, 2.05) is 11.0 Å².